The van der Waals surface area contributed by atoms with Gasteiger partial charge in [-0.2, -0.15) is 0 Å². The lowest BCUT2D eigenvalue weighted by Gasteiger charge is -2.37. The molecule has 132 valence electrons. The summed E-state index contributed by atoms with van der Waals surface area (Å²) in [6.45, 7) is 2.98. The van der Waals surface area contributed by atoms with Gasteiger partial charge in [-0.1, -0.05) is 30.7 Å². The van der Waals surface area contributed by atoms with Crippen LogP contribution in [0.2, 0.25) is 5.02 Å². The van der Waals surface area contributed by atoms with Crippen molar-refractivity contribution in [2.24, 2.45) is 5.92 Å². The number of carbonyl (C=O) groups excluding carboxylic acids is 1. The molecule has 6 heteroatoms. The summed E-state index contributed by atoms with van der Waals surface area (Å²) >= 11 is 5.88. The second kappa shape index (κ2) is 8.49. The monoisotopic (exact) mass is 353 g/mol. The van der Waals surface area contributed by atoms with Gasteiger partial charge in [0.25, 0.3) is 0 Å². The molecule has 24 heavy (non-hydrogen) atoms. The zero-order valence-electron chi connectivity index (χ0n) is 13.9. The van der Waals surface area contributed by atoms with Crippen molar-refractivity contribution in [3.8, 4) is 0 Å². The number of carboxylic acid groups (broad SMARTS) is 1. The number of ether oxygens (including phenoxy) is 1. The van der Waals surface area contributed by atoms with E-state index in [9.17, 15) is 9.59 Å². The number of hydrogen-bond acceptors (Lipinski definition) is 3. The van der Waals surface area contributed by atoms with Crippen LogP contribution in [0.1, 0.15) is 38.2 Å². The summed E-state index contributed by atoms with van der Waals surface area (Å²) in [5, 5.41) is 12.8. The predicted molar refractivity (Wildman–Crippen MR) is 92.1 cm³/mol. The molecule has 0 saturated carbocycles. The molecule has 0 aromatic heterocycles. The number of aliphatic carboxylic acids is 1. The number of benzene rings is 1. The van der Waals surface area contributed by atoms with Gasteiger partial charge in [0.05, 0.1) is 12.0 Å². The third-order valence-electron chi connectivity index (χ3n) is 4.38. The first-order chi connectivity index (χ1) is 11.4. The van der Waals surface area contributed by atoms with E-state index in [0.29, 0.717) is 37.5 Å². The predicted octanol–water partition coefficient (Wildman–Crippen LogP) is 3.05. The third kappa shape index (κ3) is 5.80. The molecule has 0 aliphatic carbocycles. The summed E-state index contributed by atoms with van der Waals surface area (Å²) in [6.07, 6.45) is 2.16. The molecule has 2 rings (SSSR count). The molecule has 1 saturated heterocycles. The van der Waals surface area contributed by atoms with E-state index >= 15 is 0 Å². The first kappa shape index (κ1) is 18.7. The Labute approximate surface area is 147 Å². The van der Waals surface area contributed by atoms with Gasteiger partial charge in [-0.05, 0) is 42.9 Å². The number of rotatable bonds is 7. The lowest BCUT2D eigenvalue weighted by molar-refractivity contribution is -0.140. The first-order valence-electron chi connectivity index (χ1n) is 8.23. The Morgan fingerprint density at radius 1 is 1.29 bits per heavy atom. The molecular formula is C18H24ClNO4. The Morgan fingerprint density at radius 3 is 2.50 bits per heavy atom. The average Bonchev–Trinajstić information content (AvgIpc) is 2.49. The minimum Gasteiger partial charge on any atom is -0.481 e. The molecule has 1 heterocycles. The largest absolute Gasteiger partial charge is 0.481 e. The maximum atomic E-state index is 12.4. The molecule has 1 atom stereocenters. The van der Waals surface area contributed by atoms with Crippen LogP contribution in [0.5, 0.6) is 0 Å². The van der Waals surface area contributed by atoms with E-state index in [4.69, 9.17) is 21.4 Å². The van der Waals surface area contributed by atoms with Crippen molar-refractivity contribution in [2.75, 3.05) is 13.2 Å². The third-order valence-corrected chi connectivity index (χ3v) is 4.63. The summed E-state index contributed by atoms with van der Waals surface area (Å²) in [7, 11) is 0. The van der Waals surface area contributed by atoms with E-state index in [2.05, 4.69) is 5.32 Å². The van der Waals surface area contributed by atoms with Crippen molar-refractivity contribution in [3.05, 3.63) is 34.9 Å². The molecular weight excluding hydrogens is 330 g/mol. The highest BCUT2D eigenvalue weighted by Gasteiger charge is 2.36. The first-order valence-corrected chi connectivity index (χ1v) is 8.61. The summed E-state index contributed by atoms with van der Waals surface area (Å²) in [5.74, 6) is -0.834. The van der Waals surface area contributed by atoms with Gasteiger partial charge in [-0.15, -0.1) is 0 Å². The normalized spacial score (nSPS) is 17.9. The molecule has 1 aliphatic rings. The Bertz CT molecular complexity index is 567. The Hall–Kier alpha value is -1.59. The van der Waals surface area contributed by atoms with E-state index in [1.54, 1.807) is 0 Å². The highest BCUT2D eigenvalue weighted by molar-refractivity contribution is 6.30. The zero-order chi connectivity index (χ0) is 17.6. The molecule has 0 bridgehead atoms. The van der Waals surface area contributed by atoms with Gasteiger partial charge in [-0.3, -0.25) is 9.59 Å². The molecule has 0 radical (unpaired) electrons. The summed E-state index contributed by atoms with van der Waals surface area (Å²) < 4.78 is 5.30. The van der Waals surface area contributed by atoms with Crippen LogP contribution in [0.25, 0.3) is 0 Å². The second-order valence-corrected chi connectivity index (χ2v) is 7.09. The standard InChI is InChI=1S/C18H24ClNO4/c1-13(10-14-2-4-15(19)5-3-14)11-16(21)20-18(12-17(22)23)6-8-24-9-7-18/h2-5,13H,6-12H2,1H3,(H,20,21)(H,22,23). The lowest BCUT2D eigenvalue weighted by atomic mass is 9.86. The van der Waals surface area contributed by atoms with E-state index in [0.717, 1.165) is 12.0 Å². The Balaban J connectivity index is 1.89. The molecule has 0 spiro atoms. The molecule has 1 aromatic carbocycles. The van der Waals surface area contributed by atoms with Crippen LogP contribution in [-0.2, 0) is 20.7 Å². The smallest absolute Gasteiger partial charge is 0.305 e. The average molecular weight is 354 g/mol. The van der Waals surface area contributed by atoms with Gasteiger partial charge in [0.15, 0.2) is 0 Å². The molecule has 2 N–H and O–H groups in total. The highest BCUT2D eigenvalue weighted by atomic mass is 35.5. The lowest BCUT2D eigenvalue weighted by Crippen LogP contribution is -2.53. The van der Waals surface area contributed by atoms with Crippen molar-refractivity contribution in [1.29, 1.82) is 0 Å². The molecule has 1 aliphatic heterocycles. The summed E-state index contributed by atoms with van der Waals surface area (Å²) in [5.41, 5.74) is 0.451. The number of hydrogen-bond donors (Lipinski definition) is 2. The number of carbonyl (C=O) groups is 2. The fraction of sp³-hybridized carbons (Fsp3) is 0.556. The van der Waals surface area contributed by atoms with E-state index in [1.165, 1.54) is 0 Å². The van der Waals surface area contributed by atoms with Crippen LogP contribution < -0.4 is 5.32 Å². The van der Waals surface area contributed by atoms with Crippen LogP contribution >= 0.6 is 11.6 Å². The molecule has 1 unspecified atom stereocenters. The van der Waals surface area contributed by atoms with Crippen LogP contribution in [0, 0.1) is 5.92 Å². The van der Waals surface area contributed by atoms with Crippen molar-refractivity contribution < 1.29 is 19.4 Å². The Kier molecular flexibility index (Phi) is 6.63. The van der Waals surface area contributed by atoms with Gasteiger partial charge in [-0.25, -0.2) is 0 Å². The van der Waals surface area contributed by atoms with Crippen LogP contribution in [0.4, 0.5) is 0 Å². The van der Waals surface area contributed by atoms with Crippen LogP contribution in [0.3, 0.4) is 0 Å². The minimum absolute atomic E-state index is 0.0618. The van der Waals surface area contributed by atoms with Crippen LogP contribution in [-0.4, -0.2) is 35.7 Å². The SMILES string of the molecule is CC(CC(=O)NC1(CC(=O)O)CCOCC1)Cc1ccc(Cl)cc1. The quantitative estimate of drug-likeness (QED) is 0.790. The van der Waals surface area contributed by atoms with Crippen molar-refractivity contribution >= 4 is 23.5 Å². The number of nitrogens with one attached hydrogen (secondary N) is 1. The fourth-order valence-electron chi connectivity index (χ4n) is 3.16. The minimum atomic E-state index is -0.897. The molecule has 1 amide bonds. The van der Waals surface area contributed by atoms with Gasteiger partial charge >= 0.3 is 5.97 Å². The van der Waals surface area contributed by atoms with Crippen molar-refractivity contribution in [2.45, 2.75) is 44.6 Å². The maximum Gasteiger partial charge on any atom is 0.305 e. The van der Waals surface area contributed by atoms with E-state index in [1.807, 2.05) is 31.2 Å². The zero-order valence-corrected chi connectivity index (χ0v) is 14.6. The second-order valence-electron chi connectivity index (χ2n) is 6.65. The maximum absolute atomic E-state index is 12.4. The summed E-state index contributed by atoms with van der Waals surface area (Å²) in [6, 6.07) is 7.60. The summed E-state index contributed by atoms with van der Waals surface area (Å²) in [4.78, 5) is 23.5. The van der Waals surface area contributed by atoms with Crippen LogP contribution in [0.15, 0.2) is 24.3 Å². The number of carboxylic acids is 1. The number of halogens is 1. The molecule has 1 fully saturated rings. The van der Waals surface area contributed by atoms with Gasteiger partial charge in [0.2, 0.25) is 5.91 Å². The fourth-order valence-corrected chi connectivity index (χ4v) is 3.28. The highest BCUT2D eigenvalue weighted by Crippen LogP contribution is 2.25. The van der Waals surface area contributed by atoms with Gasteiger partial charge in [0, 0.05) is 24.7 Å². The Morgan fingerprint density at radius 2 is 1.92 bits per heavy atom. The number of amides is 1. The van der Waals surface area contributed by atoms with E-state index < -0.39 is 11.5 Å². The van der Waals surface area contributed by atoms with Crippen molar-refractivity contribution in [3.63, 3.8) is 0 Å². The topological polar surface area (TPSA) is 75.6 Å². The molecule has 1 aromatic rings. The molecule has 5 nitrogen and oxygen atoms in total. The van der Waals surface area contributed by atoms with Crippen molar-refractivity contribution in [1.82, 2.24) is 5.32 Å². The van der Waals surface area contributed by atoms with Gasteiger partial charge < -0.3 is 15.2 Å². The van der Waals surface area contributed by atoms with E-state index in [-0.39, 0.29) is 18.2 Å². The van der Waals surface area contributed by atoms with Gasteiger partial charge in [0.1, 0.15) is 0 Å².